The maximum Gasteiger partial charge on any atom is 0.266 e. The Balaban J connectivity index is 2.22. The van der Waals surface area contributed by atoms with Crippen LogP contribution in [0.5, 0.6) is 5.88 Å². The number of methoxy groups -OCH3 is 1. The standard InChI is InChI=1S/C18H19N3O2/c1-3-4-9-16-20-15-8-6-5-7-14(15)18(22)21(16)13-10-11-17(23-2)19-12-13/h5-8,10-12H,3-4,9H2,1-2H3. The van der Waals surface area contributed by atoms with Crippen LogP contribution in [0.1, 0.15) is 25.6 Å². The fraction of sp³-hybridized carbons (Fsp3) is 0.278. The summed E-state index contributed by atoms with van der Waals surface area (Å²) in [5.41, 5.74) is 1.38. The van der Waals surface area contributed by atoms with Crippen LogP contribution < -0.4 is 10.3 Å². The Morgan fingerprint density at radius 1 is 1.17 bits per heavy atom. The number of aromatic nitrogens is 3. The number of hydrogen-bond donors (Lipinski definition) is 0. The van der Waals surface area contributed by atoms with E-state index in [1.807, 2.05) is 30.3 Å². The highest BCUT2D eigenvalue weighted by atomic mass is 16.5. The lowest BCUT2D eigenvalue weighted by atomic mass is 10.2. The van der Waals surface area contributed by atoms with Crippen molar-refractivity contribution in [2.45, 2.75) is 26.2 Å². The van der Waals surface area contributed by atoms with Gasteiger partial charge in [0.05, 0.1) is 29.9 Å². The van der Waals surface area contributed by atoms with Crippen LogP contribution in [0.2, 0.25) is 0 Å². The fourth-order valence-corrected chi connectivity index (χ4v) is 2.57. The molecule has 0 N–H and O–H groups in total. The molecular formula is C18H19N3O2. The van der Waals surface area contributed by atoms with E-state index in [0.717, 1.165) is 30.6 Å². The highest BCUT2D eigenvalue weighted by Gasteiger charge is 2.12. The van der Waals surface area contributed by atoms with Gasteiger partial charge >= 0.3 is 0 Å². The molecule has 0 aliphatic heterocycles. The lowest BCUT2D eigenvalue weighted by Gasteiger charge is -2.13. The maximum atomic E-state index is 12.9. The number of aryl methyl sites for hydroxylation is 1. The van der Waals surface area contributed by atoms with Crippen LogP contribution in [0.4, 0.5) is 0 Å². The molecule has 2 heterocycles. The molecule has 0 saturated carbocycles. The molecule has 0 spiro atoms. The Labute approximate surface area is 134 Å². The predicted molar refractivity (Wildman–Crippen MR) is 90.3 cm³/mol. The molecule has 0 atom stereocenters. The third-order valence-corrected chi connectivity index (χ3v) is 3.79. The molecule has 0 bridgehead atoms. The molecule has 3 rings (SSSR count). The molecule has 1 aromatic carbocycles. The largest absolute Gasteiger partial charge is 0.481 e. The number of unbranched alkanes of at least 4 members (excludes halogenated alkanes) is 1. The van der Waals surface area contributed by atoms with Gasteiger partial charge < -0.3 is 4.74 Å². The molecule has 5 heteroatoms. The van der Waals surface area contributed by atoms with Crippen molar-refractivity contribution in [1.82, 2.24) is 14.5 Å². The van der Waals surface area contributed by atoms with Gasteiger partial charge in [-0.15, -0.1) is 0 Å². The summed E-state index contributed by atoms with van der Waals surface area (Å²) in [6, 6.07) is 11.0. The van der Waals surface area contributed by atoms with Gasteiger partial charge in [0.2, 0.25) is 5.88 Å². The van der Waals surface area contributed by atoms with Gasteiger partial charge in [0.15, 0.2) is 0 Å². The number of rotatable bonds is 5. The molecule has 0 aliphatic carbocycles. The van der Waals surface area contributed by atoms with E-state index in [1.54, 1.807) is 23.9 Å². The minimum Gasteiger partial charge on any atom is -0.481 e. The summed E-state index contributed by atoms with van der Waals surface area (Å²) in [7, 11) is 1.57. The Bertz CT molecular complexity index is 870. The number of hydrogen-bond acceptors (Lipinski definition) is 4. The predicted octanol–water partition coefficient (Wildman–Crippen LogP) is 3.13. The van der Waals surface area contributed by atoms with Crippen LogP contribution in [0, 0.1) is 0 Å². The first-order chi connectivity index (χ1) is 11.2. The smallest absolute Gasteiger partial charge is 0.266 e. The van der Waals surface area contributed by atoms with Crippen LogP contribution in [0.3, 0.4) is 0 Å². The highest BCUT2D eigenvalue weighted by Crippen LogP contribution is 2.16. The lowest BCUT2D eigenvalue weighted by molar-refractivity contribution is 0.397. The Morgan fingerprint density at radius 3 is 2.70 bits per heavy atom. The fourth-order valence-electron chi connectivity index (χ4n) is 2.57. The van der Waals surface area contributed by atoms with E-state index in [2.05, 4.69) is 11.9 Å². The van der Waals surface area contributed by atoms with Gasteiger partial charge in [0, 0.05) is 12.5 Å². The van der Waals surface area contributed by atoms with E-state index >= 15 is 0 Å². The molecule has 5 nitrogen and oxygen atoms in total. The van der Waals surface area contributed by atoms with Gasteiger partial charge in [0.25, 0.3) is 5.56 Å². The zero-order chi connectivity index (χ0) is 16.2. The van der Waals surface area contributed by atoms with E-state index in [0.29, 0.717) is 17.0 Å². The van der Waals surface area contributed by atoms with Crippen LogP contribution >= 0.6 is 0 Å². The van der Waals surface area contributed by atoms with E-state index in [1.165, 1.54) is 0 Å². The second-order valence-electron chi connectivity index (χ2n) is 5.35. The summed E-state index contributed by atoms with van der Waals surface area (Å²) in [5.74, 6) is 1.29. The molecule has 0 unspecified atom stereocenters. The summed E-state index contributed by atoms with van der Waals surface area (Å²) >= 11 is 0. The zero-order valence-corrected chi connectivity index (χ0v) is 13.3. The molecule has 3 aromatic rings. The van der Waals surface area contributed by atoms with E-state index in [-0.39, 0.29) is 5.56 Å². The SMILES string of the molecule is CCCCc1nc2ccccc2c(=O)n1-c1ccc(OC)nc1. The van der Waals surface area contributed by atoms with Crippen molar-refractivity contribution in [2.24, 2.45) is 0 Å². The molecule has 2 aromatic heterocycles. The molecule has 118 valence electrons. The van der Waals surface area contributed by atoms with Gasteiger partial charge in [-0.3, -0.25) is 9.36 Å². The lowest BCUT2D eigenvalue weighted by Crippen LogP contribution is -2.24. The normalized spacial score (nSPS) is 10.9. The Morgan fingerprint density at radius 2 is 2.00 bits per heavy atom. The first-order valence-electron chi connectivity index (χ1n) is 7.75. The number of nitrogens with zero attached hydrogens (tertiary/aromatic N) is 3. The summed E-state index contributed by atoms with van der Waals surface area (Å²) in [6.45, 7) is 2.12. The maximum absolute atomic E-state index is 12.9. The quantitative estimate of drug-likeness (QED) is 0.726. The average Bonchev–Trinajstić information content (AvgIpc) is 2.60. The van der Waals surface area contributed by atoms with Crippen molar-refractivity contribution >= 4 is 10.9 Å². The van der Waals surface area contributed by atoms with Crippen LogP contribution in [-0.2, 0) is 6.42 Å². The molecule has 23 heavy (non-hydrogen) atoms. The molecule has 0 amide bonds. The van der Waals surface area contributed by atoms with Crippen LogP contribution in [0.25, 0.3) is 16.6 Å². The topological polar surface area (TPSA) is 57.0 Å². The molecule has 0 fully saturated rings. The summed E-state index contributed by atoms with van der Waals surface area (Å²) < 4.78 is 6.74. The number of ether oxygens (including phenoxy) is 1. The first-order valence-corrected chi connectivity index (χ1v) is 7.75. The van der Waals surface area contributed by atoms with Crippen molar-refractivity contribution < 1.29 is 4.74 Å². The Hall–Kier alpha value is -2.69. The van der Waals surface area contributed by atoms with Crippen molar-refractivity contribution in [3.8, 4) is 11.6 Å². The second kappa shape index (κ2) is 6.60. The first kappa shape index (κ1) is 15.2. The summed E-state index contributed by atoms with van der Waals surface area (Å²) in [5, 5.41) is 0.614. The van der Waals surface area contributed by atoms with E-state index < -0.39 is 0 Å². The summed E-state index contributed by atoms with van der Waals surface area (Å²) in [6.07, 6.45) is 4.42. The zero-order valence-electron chi connectivity index (χ0n) is 13.3. The minimum atomic E-state index is -0.0614. The minimum absolute atomic E-state index is 0.0614. The molecular weight excluding hydrogens is 290 g/mol. The summed E-state index contributed by atoms with van der Waals surface area (Å²) in [4.78, 5) is 21.8. The van der Waals surface area contributed by atoms with Crippen molar-refractivity contribution in [3.05, 3.63) is 58.8 Å². The number of benzene rings is 1. The van der Waals surface area contributed by atoms with Crippen LogP contribution in [-0.4, -0.2) is 21.6 Å². The van der Waals surface area contributed by atoms with Gasteiger partial charge in [-0.1, -0.05) is 25.5 Å². The number of fused-ring (bicyclic) bond motifs is 1. The third-order valence-electron chi connectivity index (χ3n) is 3.79. The van der Waals surface area contributed by atoms with E-state index in [9.17, 15) is 4.79 Å². The number of para-hydroxylation sites is 1. The second-order valence-corrected chi connectivity index (χ2v) is 5.35. The Kier molecular flexibility index (Phi) is 4.37. The van der Waals surface area contributed by atoms with Gasteiger partial charge in [-0.25, -0.2) is 9.97 Å². The monoisotopic (exact) mass is 309 g/mol. The van der Waals surface area contributed by atoms with Crippen molar-refractivity contribution in [3.63, 3.8) is 0 Å². The van der Waals surface area contributed by atoms with Crippen molar-refractivity contribution in [2.75, 3.05) is 7.11 Å². The molecule has 0 saturated heterocycles. The molecule has 0 radical (unpaired) electrons. The van der Waals surface area contributed by atoms with E-state index in [4.69, 9.17) is 9.72 Å². The molecule has 0 aliphatic rings. The van der Waals surface area contributed by atoms with Gasteiger partial charge in [-0.05, 0) is 24.6 Å². The average molecular weight is 309 g/mol. The van der Waals surface area contributed by atoms with Crippen LogP contribution in [0.15, 0.2) is 47.4 Å². The van der Waals surface area contributed by atoms with Gasteiger partial charge in [0.1, 0.15) is 5.82 Å². The van der Waals surface area contributed by atoms with Gasteiger partial charge in [-0.2, -0.15) is 0 Å². The highest BCUT2D eigenvalue weighted by molar-refractivity contribution is 5.77. The number of pyridine rings is 1. The van der Waals surface area contributed by atoms with Crippen molar-refractivity contribution in [1.29, 1.82) is 0 Å². The third kappa shape index (κ3) is 2.95.